The number of ether oxygens (including phenoxy) is 1. The van der Waals surface area contributed by atoms with Gasteiger partial charge in [-0.05, 0) is 19.8 Å². The van der Waals surface area contributed by atoms with Crippen molar-refractivity contribution in [2.24, 2.45) is 0 Å². The Morgan fingerprint density at radius 3 is 3.00 bits per heavy atom. The van der Waals surface area contributed by atoms with Crippen LogP contribution in [0.2, 0.25) is 0 Å². The van der Waals surface area contributed by atoms with Crippen LogP contribution in [0, 0.1) is 10.1 Å². The summed E-state index contributed by atoms with van der Waals surface area (Å²) in [6.45, 7) is 3.77. The summed E-state index contributed by atoms with van der Waals surface area (Å²) in [6, 6.07) is 0. The SMILES string of the molecule is CCNc1ncnc(N(C)CC2CCCO2)c1[N+](=O)[O-]. The molecule has 0 bridgehead atoms. The lowest BCUT2D eigenvalue weighted by Crippen LogP contribution is -2.30. The van der Waals surface area contributed by atoms with Crippen LogP contribution in [-0.4, -0.2) is 47.7 Å². The average molecular weight is 281 g/mol. The molecule has 2 rings (SSSR count). The van der Waals surface area contributed by atoms with Gasteiger partial charge in [0.1, 0.15) is 6.33 Å². The molecule has 1 aliphatic rings. The van der Waals surface area contributed by atoms with E-state index in [0.29, 0.717) is 18.9 Å². The first-order valence-electron chi connectivity index (χ1n) is 6.69. The Hall–Kier alpha value is -1.96. The molecule has 0 amide bonds. The summed E-state index contributed by atoms with van der Waals surface area (Å²) < 4.78 is 5.55. The quantitative estimate of drug-likeness (QED) is 0.622. The number of likely N-dealkylation sites (N-methyl/N-ethyl adjacent to an activating group) is 1. The monoisotopic (exact) mass is 281 g/mol. The van der Waals surface area contributed by atoms with E-state index in [1.54, 1.807) is 11.9 Å². The summed E-state index contributed by atoms with van der Waals surface area (Å²) >= 11 is 0. The summed E-state index contributed by atoms with van der Waals surface area (Å²) in [5.41, 5.74) is -0.0881. The molecule has 20 heavy (non-hydrogen) atoms. The van der Waals surface area contributed by atoms with Crippen LogP contribution in [0.5, 0.6) is 0 Å². The number of nitro groups is 1. The minimum absolute atomic E-state index is 0.0881. The molecule has 0 spiro atoms. The van der Waals surface area contributed by atoms with Crippen molar-refractivity contribution in [1.29, 1.82) is 0 Å². The van der Waals surface area contributed by atoms with E-state index in [1.165, 1.54) is 6.33 Å². The number of anilines is 2. The fraction of sp³-hybridized carbons (Fsp3) is 0.667. The first kappa shape index (κ1) is 14.4. The van der Waals surface area contributed by atoms with Gasteiger partial charge in [0.25, 0.3) is 0 Å². The number of aromatic nitrogens is 2. The normalized spacial score (nSPS) is 18.0. The molecule has 2 heterocycles. The lowest BCUT2D eigenvalue weighted by atomic mass is 10.2. The van der Waals surface area contributed by atoms with Gasteiger partial charge in [-0.2, -0.15) is 0 Å². The summed E-state index contributed by atoms with van der Waals surface area (Å²) in [7, 11) is 1.78. The van der Waals surface area contributed by atoms with Gasteiger partial charge < -0.3 is 15.0 Å². The minimum Gasteiger partial charge on any atom is -0.376 e. The van der Waals surface area contributed by atoms with Crippen LogP contribution in [0.3, 0.4) is 0 Å². The van der Waals surface area contributed by atoms with Gasteiger partial charge in [0.05, 0.1) is 11.0 Å². The lowest BCUT2D eigenvalue weighted by Gasteiger charge is -2.21. The third-order valence-corrected chi connectivity index (χ3v) is 3.19. The largest absolute Gasteiger partial charge is 0.376 e. The third kappa shape index (κ3) is 3.13. The number of nitrogens with zero attached hydrogens (tertiary/aromatic N) is 4. The van der Waals surface area contributed by atoms with E-state index in [0.717, 1.165) is 19.4 Å². The molecule has 110 valence electrons. The smallest absolute Gasteiger partial charge is 0.353 e. The van der Waals surface area contributed by atoms with E-state index in [2.05, 4.69) is 15.3 Å². The van der Waals surface area contributed by atoms with E-state index < -0.39 is 4.92 Å². The van der Waals surface area contributed by atoms with Gasteiger partial charge in [0.15, 0.2) is 0 Å². The van der Waals surface area contributed by atoms with Gasteiger partial charge in [-0.1, -0.05) is 0 Å². The maximum Gasteiger partial charge on any atom is 0.353 e. The second kappa shape index (κ2) is 6.47. The summed E-state index contributed by atoms with van der Waals surface area (Å²) in [5.74, 6) is 0.568. The Bertz CT molecular complexity index is 476. The first-order valence-corrected chi connectivity index (χ1v) is 6.69. The van der Waals surface area contributed by atoms with Crippen molar-refractivity contribution >= 4 is 17.3 Å². The Kier molecular flexibility index (Phi) is 4.67. The van der Waals surface area contributed by atoms with E-state index >= 15 is 0 Å². The fourth-order valence-electron chi connectivity index (χ4n) is 2.29. The minimum atomic E-state index is -0.445. The first-order chi connectivity index (χ1) is 9.63. The van der Waals surface area contributed by atoms with Crippen LogP contribution in [0.15, 0.2) is 6.33 Å². The van der Waals surface area contributed by atoms with Crippen LogP contribution in [0.4, 0.5) is 17.3 Å². The Morgan fingerprint density at radius 1 is 1.60 bits per heavy atom. The van der Waals surface area contributed by atoms with Crippen LogP contribution in [-0.2, 0) is 4.74 Å². The standard InChI is InChI=1S/C12H19N5O3/c1-3-13-11-10(17(18)19)12(15-8-14-11)16(2)7-9-5-4-6-20-9/h8-9H,3-7H2,1-2H3,(H,13,14,15). The molecule has 0 radical (unpaired) electrons. The maximum absolute atomic E-state index is 11.3. The molecule has 8 nitrogen and oxygen atoms in total. The molecule has 0 aliphatic carbocycles. The second-order valence-electron chi connectivity index (χ2n) is 4.70. The highest BCUT2D eigenvalue weighted by Crippen LogP contribution is 2.31. The van der Waals surface area contributed by atoms with Crippen LogP contribution < -0.4 is 10.2 Å². The highest BCUT2D eigenvalue weighted by molar-refractivity contribution is 5.70. The Labute approximate surface area is 117 Å². The number of rotatable bonds is 6. The molecular formula is C12H19N5O3. The molecule has 8 heteroatoms. The molecule has 1 unspecified atom stereocenters. The molecular weight excluding hydrogens is 262 g/mol. The van der Waals surface area contributed by atoms with Crippen molar-refractivity contribution < 1.29 is 9.66 Å². The van der Waals surface area contributed by atoms with Crippen molar-refractivity contribution in [3.63, 3.8) is 0 Å². The van der Waals surface area contributed by atoms with E-state index in [9.17, 15) is 10.1 Å². The fourth-order valence-corrected chi connectivity index (χ4v) is 2.29. The molecule has 1 aliphatic heterocycles. The van der Waals surface area contributed by atoms with Crippen molar-refractivity contribution in [2.75, 3.05) is 37.0 Å². The van der Waals surface area contributed by atoms with Crippen LogP contribution >= 0.6 is 0 Å². The molecule has 1 fully saturated rings. The van der Waals surface area contributed by atoms with Gasteiger partial charge in [0, 0.05) is 26.7 Å². The molecule has 1 atom stereocenters. The highest BCUT2D eigenvalue weighted by atomic mass is 16.6. The zero-order chi connectivity index (χ0) is 14.5. The van der Waals surface area contributed by atoms with Crippen molar-refractivity contribution in [1.82, 2.24) is 9.97 Å². The summed E-state index contributed by atoms with van der Waals surface area (Å²) in [6.07, 6.45) is 3.46. The number of hydrogen-bond donors (Lipinski definition) is 1. The van der Waals surface area contributed by atoms with E-state index in [4.69, 9.17) is 4.74 Å². The molecule has 1 saturated heterocycles. The predicted octanol–water partition coefficient (Wildman–Crippen LogP) is 1.43. The molecule has 1 aromatic heterocycles. The highest BCUT2D eigenvalue weighted by Gasteiger charge is 2.27. The third-order valence-electron chi connectivity index (χ3n) is 3.19. The lowest BCUT2D eigenvalue weighted by molar-refractivity contribution is -0.383. The topological polar surface area (TPSA) is 93.4 Å². The zero-order valence-corrected chi connectivity index (χ0v) is 11.7. The van der Waals surface area contributed by atoms with Gasteiger partial charge in [-0.15, -0.1) is 0 Å². The van der Waals surface area contributed by atoms with E-state index in [1.807, 2.05) is 6.92 Å². The molecule has 0 saturated carbocycles. The summed E-state index contributed by atoms with van der Waals surface area (Å²) in [5, 5.41) is 14.2. The zero-order valence-electron chi connectivity index (χ0n) is 11.7. The van der Waals surface area contributed by atoms with Gasteiger partial charge in [-0.3, -0.25) is 10.1 Å². The molecule has 1 N–H and O–H groups in total. The predicted molar refractivity (Wildman–Crippen MR) is 75.1 cm³/mol. The Balaban J connectivity index is 2.24. The molecule has 0 aromatic carbocycles. The number of hydrogen-bond acceptors (Lipinski definition) is 7. The maximum atomic E-state index is 11.3. The van der Waals surface area contributed by atoms with Crippen LogP contribution in [0.25, 0.3) is 0 Å². The van der Waals surface area contributed by atoms with Crippen molar-refractivity contribution in [3.05, 3.63) is 16.4 Å². The van der Waals surface area contributed by atoms with Gasteiger partial charge in [0.2, 0.25) is 11.6 Å². The van der Waals surface area contributed by atoms with E-state index in [-0.39, 0.29) is 17.6 Å². The van der Waals surface area contributed by atoms with Crippen LogP contribution in [0.1, 0.15) is 19.8 Å². The average Bonchev–Trinajstić information content (AvgIpc) is 2.91. The van der Waals surface area contributed by atoms with Gasteiger partial charge >= 0.3 is 5.69 Å². The van der Waals surface area contributed by atoms with Gasteiger partial charge in [-0.25, -0.2) is 9.97 Å². The van der Waals surface area contributed by atoms with Crippen molar-refractivity contribution in [3.8, 4) is 0 Å². The second-order valence-corrected chi connectivity index (χ2v) is 4.70. The molecule has 1 aromatic rings. The number of nitrogens with one attached hydrogen (secondary N) is 1. The van der Waals surface area contributed by atoms with Crippen molar-refractivity contribution in [2.45, 2.75) is 25.9 Å². The Morgan fingerprint density at radius 2 is 2.40 bits per heavy atom. The summed E-state index contributed by atoms with van der Waals surface area (Å²) in [4.78, 5) is 20.6.